The minimum absolute atomic E-state index is 0.113. The number of carbonyl (C=O) groups excluding carboxylic acids is 3. The lowest BCUT2D eigenvalue weighted by molar-refractivity contribution is -0.153. The molecule has 3 amide bonds. The molecule has 2 aromatic carbocycles. The summed E-state index contributed by atoms with van der Waals surface area (Å²) in [5, 5.41) is 7.10. The predicted octanol–water partition coefficient (Wildman–Crippen LogP) is 3.65. The summed E-state index contributed by atoms with van der Waals surface area (Å²) in [6, 6.07) is 13.4. The molecular weight excluding hydrogens is 446 g/mol. The van der Waals surface area contributed by atoms with E-state index in [-0.39, 0.29) is 6.42 Å². The Bertz CT molecular complexity index is 1130. The van der Waals surface area contributed by atoms with Crippen LogP contribution >= 0.6 is 11.3 Å². The monoisotopic (exact) mass is 469 g/mol. The van der Waals surface area contributed by atoms with Crippen LogP contribution in [0, 0.1) is 0 Å². The van der Waals surface area contributed by atoms with E-state index < -0.39 is 24.0 Å². The molecule has 10 heteroatoms. The van der Waals surface area contributed by atoms with Gasteiger partial charge in [0, 0.05) is 16.6 Å². The van der Waals surface area contributed by atoms with Gasteiger partial charge in [0.1, 0.15) is 5.01 Å². The first kappa shape index (κ1) is 23.7. The molecular formula is C23H23N3O6S. The van der Waals surface area contributed by atoms with E-state index in [1.54, 1.807) is 62.1 Å². The normalized spacial score (nSPS) is 11.2. The molecule has 9 nitrogen and oxygen atoms in total. The third kappa shape index (κ3) is 6.53. The van der Waals surface area contributed by atoms with Gasteiger partial charge in [-0.2, -0.15) is 0 Å². The third-order valence-electron chi connectivity index (χ3n) is 4.45. The highest BCUT2D eigenvalue weighted by Gasteiger charge is 2.21. The molecule has 0 aliphatic rings. The van der Waals surface area contributed by atoms with Gasteiger partial charge in [0.15, 0.2) is 17.6 Å². The molecule has 0 spiro atoms. The summed E-state index contributed by atoms with van der Waals surface area (Å²) < 4.78 is 15.7. The first-order valence-corrected chi connectivity index (χ1v) is 10.8. The topological polar surface area (TPSA) is 116 Å². The minimum atomic E-state index is -1.15. The molecule has 3 aromatic rings. The van der Waals surface area contributed by atoms with Crippen LogP contribution in [0.1, 0.15) is 12.6 Å². The second-order valence-electron chi connectivity index (χ2n) is 6.83. The Morgan fingerprint density at radius 3 is 2.45 bits per heavy atom. The van der Waals surface area contributed by atoms with Gasteiger partial charge in [0.05, 0.1) is 26.3 Å². The second-order valence-corrected chi connectivity index (χ2v) is 7.69. The summed E-state index contributed by atoms with van der Waals surface area (Å²) in [5.41, 5.74) is 1.85. The fourth-order valence-electron chi connectivity index (χ4n) is 2.83. The van der Waals surface area contributed by atoms with Crippen molar-refractivity contribution in [1.82, 2.24) is 10.3 Å². The number of esters is 1. The zero-order valence-electron chi connectivity index (χ0n) is 18.3. The zero-order chi connectivity index (χ0) is 23.8. The number of rotatable bonds is 8. The highest BCUT2D eigenvalue weighted by atomic mass is 32.1. The van der Waals surface area contributed by atoms with E-state index in [2.05, 4.69) is 15.6 Å². The first-order chi connectivity index (χ1) is 15.9. The lowest BCUT2D eigenvalue weighted by atomic mass is 10.2. The van der Waals surface area contributed by atoms with Crippen LogP contribution in [0.2, 0.25) is 0 Å². The Morgan fingerprint density at radius 2 is 1.76 bits per heavy atom. The number of carbonyl (C=O) groups is 3. The summed E-state index contributed by atoms with van der Waals surface area (Å²) >= 11 is 1.36. The smallest absolute Gasteiger partial charge is 0.325 e. The zero-order valence-corrected chi connectivity index (χ0v) is 19.1. The molecule has 1 heterocycles. The molecule has 1 atom stereocenters. The van der Waals surface area contributed by atoms with Gasteiger partial charge < -0.3 is 19.5 Å². The van der Waals surface area contributed by atoms with Crippen molar-refractivity contribution in [3.63, 3.8) is 0 Å². The van der Waals surface area contributed by atoms with E-state index in [9.17, 15) is 14.4 Å². The number of hydrogen-bond donors (Lipinski definition) is 2. The Morgan fingerprint density at radius 1 is 1.03 bits per heavy atom. The van der Waals surface area contributed by atoms with E-state index in [1.807, 2.05) is 6.07 Å². The molecule has 0 bridgehead atoms. The van der Waals surface area contributed by atoms with Crippen LogP contribution in [-0.4, -0.2) is 43.2 Å². The number of urea groups is 1. The van der Waals surface area contributed by atoms with Gasteiger partial charge in [-0.25, -0.2) is 9.78 Å². The molecule has 0 radical (unpaired) electrons. The van der Waals surface area contributed by atoms with Crippen molar-refractivity contribution in [3.05, 3.63) is 59.6 Å². The quantitative estimate of drug-likeness (QED) is 0.484. The summed E-state index contributed by atoms with van der Waals surface area (Å²) in [4.78, 5) is 40.8. The van der Waals surface area contributed by atoms with Gasteiger partial charge in [-0.3, -0.25) is 14.9 Å². The SMILES string of the molecule is COc1ccc(-c2nc(CC(=O)OC(C)C(=O)NC(=O)Nc3ccccc3)cs2)cc1OC. The Labute approximate surface area is 194 Å². The number of para-hydroxylation sites is 1. The number of nitrogens with zero attached hydrogens (tertiary/aromatic N) is 1. The average molecular weight is 470 g/mol. The van der Waals surface area contributed by atoms with Gasteiger partial charge in [-0.15, -0.1) is 11.3 Å². The fraction of sp³-hybridized carbons (Fsp3) is 0.217. The van der Waals surface area contributed by atoms with Crippen LogP contribution in [-0.2, 0) is 20.7 Å². The maximum Gasteiger partial charge on any atom is 0.325 e. The third-order valence-corrected chi connectivity index (χ3v) is 5.39. The summed E-state index contributed by atoms with van der Waals surface area (Å²) in [5.74, 6) is -0.194. The van der Waals surface area contributed by atoms with Crippen molar-refractivity contribution in [2.45, 2.75) is 19.4 Å². The second kappa shape index (κ2) is 11.1. The number of amides is 3. The first-order valence-electron chi connectivity index (χ1n) is 9.92. The van der Waals surface area contributed by atoms with E-state index in [0.717, 1.165) is 5.56 Å². The van der Waals surface area contributed by atoms with Crippen molar-refractivity contribution in [2.75, 3.05) is 19.5 Å². The van der Waals surface area contributed by atoms with E-state index in [1.165, 1.54) is 18.3 Å². The number of nitrogens with one attached hydrogen (secondary N) is 2. The van der Waals surface area contributed by atoms with Gasteiger partial charge in [-0.05, 0) is 37.3 Å². The van der Waals surface area contributed by atoms with Gasteiger partial charge in [0.2, 0.25) is 0 Å². The van der Waals surface area contributed by atoms with Crippen molar-refractivity contribution < 1.29 is 28.6 Å². The van der Waals surface area contributed by atoms with Gasteiger partial charge in [0.25, 0.3) is 5.91 Å². The number of methoxy groups -OCH3 is 2. The van der Waals surface area contributed by atoms with Crippen LogP contribution in [0.15, 0.2) is 53.9 Å². The molecule has 33 heavy (non-hydrogen) atoms. The van der Waals surface area contributed by atoms with Gasteiger partial charge >= 0.3 is 12.0 Å². The molecule has 0 fully saturated rings. The molecule has 0 saturated heterocycles. The van der Waals surface area contributed by atoms with E-state index in [0.29, 0.717) is 27.9 Å². The molecule has 1 aromatic heterocycles. The number of aromatic nitrogens is 1. The summed E-state index contributed by atoms with van der Waals surface area (Å²) in [6.45, 7) is 1.39. The minimum Gasteiger partial charge on any atom is -0.493 e. The molecule has 3 rings (SSSR count). The predicted molar refractivity (Wildman–Crippen MR) is 124 cm³/mol. The number of ether oxygens (including phenoxy) is 3. The molecule has 0 aliphatic heterocycles. The van der Waals surface area contributed by atoms with Crippen molar-refractivity contribution >= 4 is 34.9 Å². The van der Waals surface area contributed by atoms with Crippen LogP contribution < -0.4 is 20.1 Å². The molecule has 172 valence electrons. The maximum absolute atomic E-state index is 12.3. The maximum atomic E-state index is 12.3. The molecule has 2 N–H and O–H groups in total. The number of benzene rings is 2. The largest absolute Gasteiger partial charge is 0.493 e. The highest BCUT2D eigenvalue weighted by molar-refractivity contribution is 7.13. The van der Waals surface area contributed by atoms with Crippen molar-refractivity contribution in [1.29, 1.82) is 0 Å². The highest BCUT2D eigenvalue weighted by Crippen LogP contribution is 2.33. The Kier molecular flexibility index (Phi) is 7.98. The van der Waals surface area contributed by atoms with Crippen molar-refractivity contribution in [3.8, 4) is 22.1 Å². The van der Waals surface area contributed by atoms with Crippen LogP contribution in [0.5, 0.6) is 11.5 Å². The van der Waals surface area contributed by atoms with Crippen LogP contribution in [0.4, 0.5) is 10.5 Å². The lowest BCUT2D eigenvalue weighted by Crippen LogP contribution is -2.41. The van der Waals surface area contributed by atoms with Gasteiger partial charge in [-0.1, -0.05) is 18.2 Å². The van der Waals surface area contributed by atoms with Crippen molar-refractivity contribution in [2.24, 2.45) is 0 Å². The Hall–Kier alpha value is -3.92. The molecule has 0 saturated carbocycles. The summed E-state index contributed by atoms with van der Waals surface area (Å²) in [7, 11) is 3.11. The number of thiazole rings is 1. The number of anilines is 1. The number of hydrogen-bond acceptors (Lipinski definition) is 8. The number of imide groups is 1. The molecule has 0 aliphatic carbocycles. The fourth-order valence-corrected chi connectivity index (χ4v) is 3.64. The summed E-state index contributed by atoms with van der Waals surface area (Å²) in [6.07, 6.45) is -1.26. The average Bonchev–Trinajstić information content (AvgIpc) is 3.27. The molecule has 1 unspecified atom stereocenters. The lowest BCUT2D eigenvalue weighted by Gasteiger charge is -2.13. The van der Waals surface area contributed by atoms with Crippen LogP contribution in [0.3, 0.4) is 0 Å². The standard InChI is InChI=1S/C23H23N3O6S/c1-14(21(28)26-23(29)25-16-7-5-4-6-8-16)32-20(27)12-17-13-33-22(24-17)15-9-10-18(30-2)19(11-15)31-3/h4-11,13-14H,12H2,1-3H3,(H2,25,26,28,29). The Balaban J connectivity index is 1.53. The van der Waals surface area contributed by atoms with Crippen LogP contribution in [0.25, 0.3) is 10.6 Å². The van der Waals surface area contributed by atoms with E-state index in [4.69, 9.17) is 14.2 Å². The van der Waals surface area contributed by atoms with E-state index >= 15 is 0 Å².